The van der Waals surface area contributed by atoms with Crippen LogP contribution in [-0.4, -0.2) is 40.9 Å². The molecule has 0 saturated carbocycles. The molecule has 0 fully saturated rings. The van der Waals surface area contributed by atoms with Crippen molar-refractivity contribution in [2.24, 2.45) is 7.05 Å². The highest BCUT2D eigenvalue weighted by Crippen LogP contribution is 2.19. The lowest BCUT2D eigenvalue weighted by Gasteiger charge is -2.15. The molecule has 1 atom stereocenters. The summed E-state index contributed by atoms with van der Waals surface area (Å²) in [6.45, 7) is -0.293. The van der Waals surface area contributed by atoms with Gasteiger partial charge < -0.3 is 10.1 Å². The minimum atomic E-state index is -3.71. The molecule has 1 aromatic carbocycles. The molecule has 0 amide bonds. The third kappa shape index (κ3) is 3.29. The summed E-state index contributed by atoms with van der Waals surface area (Å²) in [6, 6.07) is 7.15. The molecule has 7 nitrogen and oxygen atoms in total. The predicted octanol–water partition coefficient (Wildman–Crippen LogP) is 0.783. The first kappa shape index (κ1) is 15.7. The van der Waals surface area contributed by atoms with Gasteiger partial charge in [-0.2, -0.15) is 5.10 Å². The first-order chi connectivity index (χ1) is 11.0. The highest BCUT2D eigenvalue weighted by atomic mass is 32.2. The van der Waals surface area contributed by atoms with E-state index in [9.17, 15) is 13.5 Å². The van der Waals surface area contributed by atoms with Crippen LogP contribution >= 0.6 is 0 Å². The van der Waals surface area contributed by atoms with E-state index in [1.54, 1.807) is 7.05 Å². The van der Waals surface area contributed by atoms with E-state index in [1.807, 2.05) is 30.5 Å². The Morgan fingerprint density at radius 1 is 1.39 bits per heavy atom. The molecular weight excluding hydrogens is 316 g/mol. The van der Waals surface area contributed by atoms with Gasteiger partial charge in [0.2, 0.25) is 10.0 Å². The summed E-state index contributed by atoms with van der Waals surface area (Å²) < 4.78 is 28.6. The molecule has 0 aliphatic rings. The van der Waals surface area contributed by atoms with Crippen molar-refractivity contribution in [3.63, 3.8) is 0 Å². The fraction of sp³-hybridized carbons (Fsp3) is 0.267. The topological polar surface area (TPSA) is 100 Å². The van der Waals surface area contributed by atoms with Crippen molar-refractivity contribution in [1.29, 1.82) is 0 Å². The van der Waals surface area contributed by atoms with Crippen LogP contribution in [0.5, 0.6) is 0 Å². The third-order valence-electron chi connectivity index (χ3n) is 3.67. The van der Waals surface area contributed by atoms with Crippen LogP contribution in [0.15, 0.2) is 47.8 Å². The second-order valence-corrected chi connectivity index (χ2v) is 7.13. The second-order valence-electron chi connectivity index (χ2n) is 5.41. The van der Waals surface area contributed by atoms with Gasteiger partial charge in [0.05, 0.1) is 12.8 Å². The number of aromatic amines is 1. The predicted molar refractivity (Wildman–Crippen MR) is 86.4 cm³/mol. The maximum atomic E-state index is 12.3. The number of aliphatic hydroxyl groups excluding tert-OH is 1. The van der Waals surface area contributed by atoms with Crippen LogP contribution in [0.2, 0.25) is 0 Å². The van der Waals surface area contributed by atoms with Gasteiger partial charge in [-0.1, -0.05) is 18.2 Å². The lowest BCUT2D eigenvalue weighted by Crippen LogP contribution is -2.38. The zero-order valence-corrected chi connectivity index (χ0v) is 13.4. The summed E-state index contributed by atoms with van der Waals surface area (Å²) in [5, 5.41) is 14.4. The number of hydrogen-bond donors (Lipinski definition) is 3. The van der Waals surface area contributed by atoms with Crippen LogP contribution in [0, 0.1) is 0 Å². The fourth-order valence-electron chi connectivity index (χ4n) is 2.53. The molecule has 3 N–H and O–H groups in total. The Labute approximate surface area is 134 Å². The number of sulfonamides is 1. The summed E-state index contributed by atoms with van der Waals surface area (Å²) in [4.78, 5) is 3.22. The van der Waals surface area contributed by atoms with Crippen LogP contribution in [0.25, 0.3) is 10.9 Å². The maximum absolute atomic E-state index is 12.3. The molecule has 3 aromatic rings. The van der Waals surface area contributed by atoms with Crippen molar-refractivity contribution in [1.82, 2.24) is 19.5 Å². The molecule has 122 valence electrons. The van der Waals surface area contributed by atoms with Crippen molar-refractivity contribution in [3.05, 3.63) is 48.4 Å². The molecule has 23 heavy (non-hydrogen) atoms. The zero-order valence-electron chi connectivity index (χ0n) is 12.6. The van der Waals surface area contributed by atoms with Crippen LogP contribution in [0.1, 0.15) is 5.56 Å². The Morgan fingerprint density at radius 3 is 2.87 bits per heavy atom. The number of nitrogens with one attached hydrogen (secondary N) is 2. The van der Waals surface area contributed by atoms with Crippen LogP contribution in [0.4, 0.5) is 0 Å². The Kier molecular flexibility index (Phi) is 4.20. The average Bonchev–Trinajstić information content (AvgIpc) is 3.14. The highest BCUT2D eigenvalue weighted by molar-refractivity contribution is 7.89. The van der Waals surface area contributed by atoms with Gasteiger partial charge in [-0.05, 0) is 18.1 Å². The molecule has 0 aliphatic heterocycles. The number of H-pyrrole nitrogens is 1. The molecule has 0 spiro atoms. The molecule has 8 heteroatoms. The largest absolute Gasteiger partial charge is 0.395 e. The van der Waals surface area contributed by atoms with Crippen molar-refractivity contribution < 1.29 is 13.5 Å². The molecule has 0 bridgehead atoms. The van der Waals surface area contributed by atoms with Gasteiger partial charge in [0, 0.05) is 36.4 Å². The van der Waals surface area contributed by atoms with E-state index in [2.05, 4.69) is 14.8 Å². The third-order valence-corrected chi connectivity index (χ3v) is 5.15. The Hall–Kier alpha value is -2.16. The minimum absolute atomic E-state index is 0.0809. The standard InChI is InChI=1S/C15H18N4O3S/c1-19-9-13(8-17-19)23(21,22)18-12(10-20)6-11-7-16-15-5-3-2-4-14(11)15/h2-5,7-9,12,16,18,20H,6,10H2,1H3. The van der Waals surface area contributed by atoms with Crippen molar-refractivity contribution in [2.45, 2.75) is 17.4 Å². The van der Waals surface area contributed by atoms with Gasteiger partial charge >= 0.3 is 0 Å². The van der Waals surface area contributed by atoms with Crippen molar-refractivity contribution >= 4 is 20.9 Å². The van der Waals surface area contributed by atoms with E-state index in [1.165, 1.54) is 17.1 Å². The van der Waals surface area contributed by atoms with E-state index in [0.29, 0.717) is 6.42 Å². The number of aliphatic hydroxyl groups is 1. The number of fused-ring (bicyclic) bond motifs is 1. The smallest absolute Gasteiger partial charge is 0.244 e. The van der Waals surface area contributed by atoms with Gasteiger partial charge in [-0.25, -0.2) is 13.1 Å². The number of hydrogen-bond acceptors (Lipinski definition) is 4. The molecule has 2 aromatic heterocycles. The lowest BCUT2D eigenvalue weighted by atomic mass is 10.1. The van der Waals surface area contributed by atoms with E-state index in [-0.39, 0.29) is 11.5 Å². The quantitative estimate of drug-likeness (QED) is 0.620. The highest BCUT2D eigenvalue weighted by Gasteiger charge is 2.22. The first-order valence-corrected chi connectivity index (χ1v) is 8.65. The van der Waals surface area contributed by atoms with E-state index < -0.39 is 16.1 Å². The summed E-state index contributed by atoms with van der Waals surface area (Å²) in [6.07, 6.45) is 4.93. The summed E-state index contributed by atoms with van der Waals surface area (Å²) in [5.74, 6) is 0. The van der Waals surface area contributed by atoms with Crippen molar-refractivity contribution in [2.75, 3.05) is 6.61 Å². The minimum Gasteiger partial charge on any atom is -0.395 e. The Morgan fingerprint density at radius 2 is 2.17 bits per heavy atom. The number of nitrogens with zero attached hydrogens (tertiary/aromatic N) is 2. The number of rotatable bonds is 6. The van der Waals surface area contributed by atoms with Gasteiger partial charge in [-0.15, -0.1) is 0 Å². The van der Waals surface area contributed by atoms with Gasteiger partial charge in [0.15, 0.2) is 0 Å². The van der Waals surface area contributed by atoms with Crippen LogP contribution < -0.4 is 4.72 Å². The first-order valence-electron chi connectivity index (χ1n) is 7.16. The summed E-state index contributed by atoms with van der Waals surface area (Å²) in [5.41, 5.74) is 1.93. The average molecular weight is 334 g/mol. The van der Waals surface area contributed by atoms with Gasteiger partial charge in [-0.3, -0.25) is 4.68 Å². The Balaban J connectivity index is 1.80. The molecule has 2 heterocycles. The van der Waals surface area contributed by atoms with Crippen LogP contribution in [-0.2, 0) is 23.5 Å². The second kappa shape index (κ2) is 6.15. The zero-order chi connectivity index (χ0) is 16.4. The summed E-state index contributed by atoms with van der Waals surface area (Å²) in [7, 11) is -2.06. The maximum Gasteiger partial charge on any atom is 0.244 e. The number of benzene rings is 1. The molecule has 0 saturated heterocycles. The lowest BCUT2D eigenvalue weighted by molar-refractivity contribution is 0.256. The number of aromatic nitrogens is 3. The van der Waals surface area contributed by atoms with Gasteiger partial charge in [0.1, 0.15) is 4.90 Å². The summed E-state index contributed by atoms with van der Waals surface area (Å²) >= 11 is 0. The SMILES string of the molecule is Cn1cc(S(=O)(=O)NC(CO)Cc2c[nH]c3ccccc23)cn1. The molecule has 1 unspecified atom stereocenters. The molecule has 3 rings (SSSR count). The van der Waals surface area contributed by atoms with Gasteiger partial charge in [0.25, 0.3) is 0 Å². The monoisotopic (exact) mass is 334 g/mol. The Bertz CT molecular complexity index is 914. The molecule has 0 radical (unpaired) electrons. The van der Waals surface area contributed by atoms with Crippen LogP contribution in [0.3, 0.4) is 0 Å². The normalized spacial score (nSPS) is 13.5. The van der Waals surface area contributed by atoms with E-state index >= 15 is 0 Å². The van der Waals surface area contributed by atoms with E-state index in [0.717, 1.165) is 16.5 Å². The number of para-hydroxylation sites is 1. The fourth-order valence-corrected chi connectivity index (χ4v) is 3.74. The molecular formula is C15H18N4O3S. The van der Waals surface area contributed by atoms with E-state index in [4.69, 9.17) is 0 Å². The van der Waals surface area contributed by atoms with Crippen molar-refractivity contribution in [3.8, 4) is 0 Å². The number of aryl methyl sites for hydroxylation is 1. The molecule has 0 aliphatic carbocycles.